The van der Waals surface area contributed by atoms with Gasteiger partial charge in [0, 0.05) is 25.5 Å². The smallest absolute Gasteiger partial charge is 0.255 e. The van der Waals surface area contributed by atoms with Crippen LogP contribution in [0.1, 0.15) is 56.8 Å². The molecule has 1 aliphatic rings. The first-order chi connectivity index (χ1) is 14.2. The highest BCUT2D eigenvalue weighted by Crippen LogP contribution is 2.28. The van der Waals surface area contributed by atoms with Crippen LogP contribution in [0.15, 0.2) is 73.1 Å². The third kappa shape index (κ3) is 3.90. The monoisotopic (exact) mass is 385 g/mol. The van der Waals surface area contributed by atoms with Gasteiger partial charge in [-0.1, -0.05) is 55.5 Å². The maximum atomic E-state index is 13.1. The van der Waals surface area contributed by atoms with Gasteiger partial charge in [-0.2, -0.15) is 0 Å². The third-order valence-corrected chi connectivity index (χ3v) is 5.27. The van der Waals surface area contributed by atoms with E-state index < -0.39 is 0 Å². The summed E-state index contributed by atoms with van der Waals surface area (Å²) < 4.78 is 0. The van der Waals surface area contributed by atoms with Gasteiger partial charge in [-0.15, -0.1) is 0 Å². The molecular weight excluding hydrogens is 362 g/mol. The molecule has 1 aromatic heterocycles. The summed E-state index contributed by atoms with van der Waals surface area (Å²) in [6.45, 7) is 3.01. The summed E-state index contributed by atoms with van der Waals surface area (Å²) in [7, 11) is 0. The van der Waals surface area contributed by atoms with Gasteiger partial charge in [-0.25, -0.2) is 0 Å². The molecule has 0 aliphatic carbocycles. The van der Waals surface area contributed by atoms with Crippen LogP contribution in [0.4, 0.5) is 0 Å². The Morgan fingerprint density at radius 2 is 1.93 bits per heavy atom. The van der Waals surface area contributed by atoms with Gasteiger partial charge in [0.1, 0.15) is 0 Å². The molecule has 5 heteroatoms. The summed E-state index contributed by atoms with van der Waals surface area (Å²) in [6.07, 6.45) is 4.24. The van der Waals surface area contributed by atoms with E-state index in [2.05, 4.69) is 10.3 Å². The van der Waals surface area contributed by atoms with E-state index in [-0.39, 0.29) is 17.9 Å². The third-order valence-electron chi connectivity index (χ3n) is 5.27. The number of hydrogen-bond donors (Lipinski definition) is 1. The summed E-state index contributed by atoms with van der Waals surface area (Å²) >= 11 is 0. The van der Waals surface area contributed by atoms with Crippen LogP contribution in [0.2, 0.25) is 0 Å². The predicted octanol–water partition coefficient (Wildman–Crippen LogP) is 4.12. The van der Waals surface area contributed by atoms with Crippen LogP contribution < -0.4 is 5.32 Å². The molecule has 146 valence electrons. The van der Waals surface area contributed by atoms with Crippen LogP contribution in [0.3, 0.4) is 0 Å². The van der Waals surface area contributed by atoms with Gasteiger partial charge in [0.2, 0.25) is 0 Å². The molecule has 0 saturated heterocycles. The highest BCUT2D eigenvalue weighted by Gasteiger charge is 2.32. The number of nitrogens with zero attached hydrogens (tertiary/aromatic N) is 2. The van der Waals surface area contributed by atoms with Crippen molar-refractivity contribution in [3.63, 3.8) is 0 Å². The Labute approximate surface area is 170 Å². The van der Waals surface area contributed by atoms with Crippen molar-refractivity contribution >= 4 is 11.8 Å². The van der Waals surface area contributed by atoms with Crippen LogP contribution in [0.5, 0.6) is 0 Å². The van der Waals surface area contributed by atoms with Gasteiger partial charge < -0.3 is 10.2 Å². The number of pyridine rings is 1. The van der Waals surface area contributed by atoms with E-state index in [1.54, 1.807) is 23.4 Å². The van der Waals surface area contributed by atoms with Crippen molar-refractivity contribution in [3.8, 4) is 0 Å². The Morgan fingerprint density at radius 3 is 2.66 bits per heavy atom. The van der Waals surface area contributed by atoms with Gasteiger partial charge in [0.05, 0.1) is 17.2 Å². The molecule has 2 aromatic carbocycles. The summed E-state index contributed by atoms with van der Waals surface area (Å²) in [5.41, 5.74) is 3.86. The summed E-state index contributed by atoms with van der Waals surface area (Å²) in [5, 5.41) is 3.09. The lowest BCUT2D eigenvalue weighted by molar-refractivity contribution is 0.0760. The average molecular weight is 385 g/mol. The zero-order chi connectivity index (χ0) is 20.2. The molecule has 0 bridgehead atoms. The first-order valence-corrected chi connectivity index (χ1v) is 9.83. The molecule has 1 atom stereocenters. The van der Waals surface area contributed by atoms with Crippen molar-refractivity contribution in [1.29, 1.82) is 0 Å². The molecule has 0 spiro atoms. The number of carbonyl (C=O) groups excluding carboxylic acids is 2. The fraction of sp³-hybridized carbons (Fsp3) is 0.208. The summed E-state index contributed by atoms with van der Waals surface area (Å²) in [5.74, 6) is -0.323. The van der Waals surface area contributed by atoms with E-state index in [0.29, 0.717) is 24.2 Å². The largest absolute Gasteiger partial charge is 0.345 e. The molecule has 0 fully saturated rings. The van der Waals surface area contributed by atoms with Crippen LogP contribution in [0.25, 0.3) is 0 Å². The minimum Gasteiger partial charge on any atom is -0.345 e. The van der Waals surface area contributed by atoms with E-state index in [1.807, 2.05) is 61.5 Å². The number of carbonyl (C=O) groups is 2. The molecule has 1 unspecified atom stereocenters. The Kier molecular flexibility index (Phi) is 5.38. The lowest BCUT2D eigenvalue weighted by Gasteiger charge is -2.18. The van der Waals surface area contributed by atoms with E-state index in [4.69, 9.17) is 0 Å². The number of amides is 2. The average Bonchev–Trinajstić information content (AvgIpc) is 3.08. The van der Waals surface area contributed by atoms with Crippen molar-refractivity contribution in [1.82, 2.24) is 15.2 Å². The fourth-order valence-corrected chi connectivity index (χ4v) is 3.79. The molecule has 2 heterocycles. The molecule has 1 aliphatic heterocycles. The Bertz CT molecular complexity index is 1020. The zero-order valence-corrected chi connectivity index (χ0v) is 16.3. The van der Waals surface area contributed by atoms with Gasteiger partial charge in [0.25, 0.3) is 11.8 Å². The molecule has 5 nitrogen and oxygen atoms in total. The van der Waals surface area contributed by atoms with Gasteiger partial charge >= 0.3 is 0 Å². The minimum atomic E-state index is -0.214. The molecule has 1 N–H and O–H groups in total. The van der Waals surface area contributed by atoms with E-state index in [9.17, 15) is 9.59 Å². The molecular formula is C24H23N3O2. The van der Waals surface area contributed by atoms with Crippen molar-refractivity contribution in [3.05, 3.63) is 101 Å². The molecule has 29 heavy (non-hydrogen) atoms. The number of rotatable bonds is 6. The van der Waals surface area contributed by atoms with Crippen LogP contribution in [0, 0.1) is 0 Å². The van der Waals surface area contributed by atoms with Crippen LogP contribution >= 0.6 is 0 Å². The van der Waals surface area contributed by atoms with Gasteiger partial charge in [-0.05, 0) is 35.2 Å². The second-order valence-electron chi connectivity index (χ2n) is 7.21. The lowest BCUT2D eigenvalue weighted by atomic mass is 10.0. The number of benzene rings is 2. The maximum absolute atomic E-state index is 13.1. The first-order valence-electron chi connectivity index (χ1n) is 9.83. The fourth-order valence-electron chi connectivity index (χ4n) is 3.79. The van der Waals surface area contributed by atoms with Gasteiger partial charge in [0.15, 0.2) is 0 Å². The normalized spacial score (nSPS) is 13.8. The zero-order valence-electron chi connectivity index (χ0n) is 16.3. The SMILES string of the molecule is CCC(NC(=O)c1cccc2c1C(=O)N(Cc1cccnc1)C2)c1ccccc1. The number of fused-ring (bicyclic) bond motifs is 1. The second kappa shape index (κ2) is 8.27. The number of nitrogens with one attached hydrogen (secondary N) is 1. The molecule has 2 amide bonds. The Hall–Kier alpha value is -3.47. The highest BCUT2D eigenvalue weighted by atomic mass is 16.2. The Morgan fingerprint density at radius 1 is 1.10 bits per heavy atom. The van der Waals surface area contributed by atoms with Crippen LogP contribution in [-0.4, -0.2) is 21.7 Å². The van der Waals surface area contributed by atoms with E-state index in [0.717, 1.165) is 23.1 Å². The highest BCUT2D eigenvalue weighted by molar-refractivity contribution is 6.09. The molecule has 4 rings (SSSR count). The van der Waals surface area contributed by atoms with Crippen LogP contribution in [-0.2, 0) is 13.1 Å². The quantitative estimate of drug-likeness (QED) is 0.694. The number of hydrogen-bond acceptors (Lipinski definition) is 3. The van der Waals surface area contributed by atoms with Crippen molar-refractivity contribution in [2.24, 2.45) is 0 Å². The summed E-state index contributed by atoms with van der Waals surface area (Å²) in [4.78, 5) is 32.0. The molecule has 0 radical (unpaired) electrons. The van der Waals surface area contributed by atoms with Gasteiger partial charge in [-0.3, -0.25) is 14.6 Å². The second-order valence-corrected chi connectivity index (χ2v) is 7.21. The topological polar surface area (TPSA) is 62.3 Å². The van der Waals surface area contributed by atoms with Crippen molar-refractivity contribution in [2.75, 3.05) is 0 Å². The van der Waals surface area contributed by atoms with E-state index in [1.165, 1.54) is 0 Å². The minimum absolute atomic E-state index is 0.0949. The molecule has 0 saturated carbocycles. The Balaban J connectivity index is 1.56. The standard InChI is InChI=1S/C24H23N3O2/c1-2-21(18-9-4-3-5-10-18)26-23(28)20-12-6-11-19-16-27(24(29)22(19)20)15-17-8-7-13-25-14-17/h3-14,21H,2,15-16H2,1H3,(H,26,28). The predicted molar refractivity (Wildman–Crippen MR) is 111 cm³/mol. The molecule has 3 aromatic rings. The van der Waals surface area contributed by atoms with E-state index >= 15 is 0 Å². The number of aromatic nitrogens is 1. The lowest BCUT2D eigenvalue weighted by Crippen LogP contribution is -2.30. The summed E-state index contributed by atoms with van der Waals surface area (Å²) in [6, 6.07) is 19.1. The maximum Gasteiger partial charge on any atom is 0.255 e. The van der Waals surface area contributed by atoms with Crippen molar-refractivity contribution in [2.45, 2.75) is 32.5 Å². The van der Waals surface area contributed by atoms with Crippen molar-refractivity contribution < 1.29 is 9.59 Å². The first kappa shape index (κ1) is 18.9.